The maximum absolute atomic E-state index is 4.78. The van der Waals surface area contributed by atoms with Gasteiger partial charge in [-0.25, -0.2) is 0 Å². The largest absolute Gasteiger partial charge is 0.308 e. The molecule has 0 N–H and O–H groups in total. The van der Waals surface area contributed by atoms with Crippen LogP contribution < -0.4 is 0 Å². The van der Waals surface area contributed by atoms with Gasteiger partial charge in [-0.2, -0.15) is 0 Å². The second-order valence-corrected chi connectivity index (χ2v) is 2.82. The number of nitrogens with zero attached hydrogens (tertiary/aromatic N) is 1. The summed E-state index contributed by atoms with van der Waals surface area (Å²) in [7, 11) is 2.12. The van der Waals surface area contributed by atoms with Crippen molar-refractivity contribution in [2.45, 2.75) is 13.8 Å². The molecule has 0 amide bonds. The lowest BCUT2D eigenvalue weighted by Crippen LogP contribution is -2.45. The molecule has 2 nitrogen and oxygen atoms in total. The van der Waals surface area contributed by atoms with E-state index in [4.69, 9.17) is 3.83 Å². The summed E-state index contributed by atoms with van der Waals surface area (Å²) < 4.78 is 4.78. The van der Waals surface area contributed by atoms with Crippen LogP contribution in [0.4, 0.5) is 0 Å². The second kappa shape index (κ2) is 6.13. The average Bonchev–Trinajstić information content (AvgIpc) is 1.90. The van der Waals surface area contributed by atoms with Crippen molar-refractivity contribution in [3.8, 4) is 0 Å². The van der Waals surface area contributed by atoms with Gasteiger partial charge in [-0.3, -0.25) is 0 Å². The monoisotopic (exact) mass is 209 g/mol. The van der Waals surface area contributed by atoms with Gasteiger partial charge in [0, 0.05) is 19.0 Å². The first-order chi connectivity index (χ1) is 4.83. The van der Waals surface area contributed by atoms with Crippen LogP contribution in [0.1, 0.15) is 13.8 Å². The van der Waals surface area contributed by atoms with Crippen LogP contribution in [0.15, 0.2) is 0 Å². The number of hydrogen-bond acceptors (Lipinski definition) is 2. The summed E-state index contributed by atoms with van der Waals surface area (Å²) in [5, 5.41) is 0. The zero-order chi connectivity index (χ0) is 7.98. The first-order valence-electron chi connectivity index (χ1n) is 3.75. The first kappa shape index (κ1) is 10.4. The van der Waals surface area contributed by atoms with Gasteiger partial charge in [0.25, 0.3) is 0 Å². The maximum atomic E-state index is 4.78. The summed E-state index contributed by atoms with van der Waals surface area (Å²) in [4.78, 5) is 2.27. The van der Waals surface area contributed by atoms with E-state index in [-0.39, 0.29) is 0 Å². The Hall–Kier alpha value is 0.400. The van der Waals surface area contributed by atoms with Crippen LogP contribution in [0.3, 0.4) is 0 Å². The van der Waals surface area contributed by atoms with Gasteiger partial charge in [0.05, 0.1) is 22.9 Å². The summed E-state index contributed by atoms with van der Waals surface area (Å²) in [5.41, 5.74) is 0. The van der Waals surface area contributed by atoms with Gasteiger partial charge in [0.15, 0.2) is 0 Å². The van der Waals surface area contributed by atoms with Crippen LogP contribution in [0.25, 0.3) is 0 Å². The lowest BCUT2D eigenvalue weighted by molar-refractivity contribution is 0.0974. The van der Waals surface area contributed by atoms with Crippen LogP contribution in [-0.4, -0.2) is 31.6 Å². The predicted molar refractivity (Wildman–Crippen MR) is 47.2 cm³/mol. The van der Waals surface area contributed by atoms with Crippen molar-refractivity contribution in [2.24, 2.45) is 5.92 Å². The minimum Gasteiger partial charge on any atom is -0.308 e. The molecule has 0 aromatic heterocycles. The molecule has 3 heteroatoms. The molecule has 0 aliphatic carbocycles. The van der Waals surface area contributed by atoms with E-state index < -0.39 is 0 Å². The molecular weight excluding hydrogens is 194 g/mol. The molecule has 0 aromatic rings. The van der Waals surface area contributed by atoms with Crippen molar-refractivity contribution >= 4 is 16.3 Å². The molecule has 1 heterocycles. The van der Waals surface area contributed by atoms with Gasteiger partial charge in [0.1, 0.15) is 0 Å². The van der Waals surface area contributed by atoms with E-state index in [1.807, 2.05) is 13.8 Å². The van der Waals surface area contributed by atoms with Crippen LogP contribution in [0.2, 0.25) is 0 Å². The van der Waals surface area contributed by atoms with E-state index in [0.29, 0.717) is 0 Å². The van der Waals surface area contributed by atoms with Crippen molar-refractivity contribution in [1.82, 2.24) is 4.90 Å². The maximum Gasteiger partial charge on any atom is 0.0987 e. The molecular formula is C7H16BrNO. The van der Waals surface area contributed by atoms with Gasteiger partial charge in [-0.1, -0.05) is 13.8 Å². The normalized spacial score (nSPS) is 19.2. The van der Waals surface area contributed by atoms with E-state index in [1.54, 1.807) is 0 Å². The fraction of sp³-hybridized carbons (Fsp3) is 1.00. The molecule has 0 atom stereocenters. The Bertz CT molecular complexity index is 71.3. The molecule has 0 radical (unpaired) electrons. The molecule has 1 aliphatic heterocycles. The van der Waals surface area contributed by atoms with Crippen molar-refractivity contribution in [1.29, 1.82) is 0 Å². The summed E-state index contributed by atoms with van der Waals surface area (Å²) in [6.07, 6.45) is 0. The van der Waals surface area contributed by atoms with Gasteiger partial charge >= 0.3 is 0 Å². The Morgan fingerprint density at radius 2 is 2.00 bits per heavy atom. The topological polar surface area (TPSA) is 12.5 Å². The van der Waals surface area contributed by atoms with Crippen LogP contribution in [0.5, 0.6) is 0 Å². The molecule has 0 unspecified atom stereocenters. The lowest BCUT2D eigenvalue weighted by Gasteiger charge is -2.35. The number of likely N-dealkylation sites (tertiary alicyclic amines) is 1. The zero-order valence-corrected chi connectivity index (χ0v) is 8.52. The fourth-order valence-corrected chi connectivity index (χ4v) is 1.40. The van der Waals surface area contributed by atoms with Gasteiger partial charge in [0.2, 0.25) is 0 Å². The zero-order valence-electron chi connectivity index (χ0n) is 6.93. The van der Waals surface area contributed by atoms with Gasteiger partial charge < -0.3 is 8.73 Å². The van der Waals surface area contributed by atoms with Crippen LogP contribution >= 0.6 is 16.3 Å². The Morgan fingerprint density at radius 1 is 1.50 bits per heavy atom. The quantitative estimate of drug-likeness (QED) is 0.690. The minimum atomic E-state index is 0.763. The second-order valence-electron chi connectivity index (χ2n) is 2.36. The minimum absolute atomic E-state index is 0.763. The van der Waals surface area contributed by atoms with Crippen molar-refractivity contribution in [3.63, 3.8) is 0 Å². The highest BCUT2D eigenvalue weighted by Crippen LogP contribution is 2.13. The van der Waals surface area contributed by atoms with E-state index in [9.17, 15) is 0 Å². The van der Waals surface area contributed by atoms with Gasteiger partial charge in [-0.15, -0.1) is 0 Å². The van der Waals surface area contributed by atoms with Crippen molar-refractivity contribution in [2.75, 3.05) is 26.7 Å². The smallest absolute Gasteiger partial charge is 0.0987 e. The molecule has 0 aromatic carbocycles. The average molecular weight is 210 g/mol. The fourth-order valence-electron chi connectivity index (χ4n) is 1.02. The Morgan fingerprint density at radius 3 is 2.30 bits per heavy atom. The highest BCUT2D eigenvalue weighted by atomic mass is 79.9. The predicted octanol–water partition coefficient (Wildman–Crippen LogP) is 1.90. The SMILES string of the molecule is CC.CN1CC(COBr)C1. The number of hydrogen-bond donors (Lipinski definition) is 0. The molecule has 1 aliphatic rings. The number of halogens is 1. The van der Waals surface area contributed by atoms with Crippen LogP contribution in [0, 0.1) is 5.92 Å². The summed E-state index contributed by atoms with van der Waals surface area (Å²) in [6, 6.07) is 0. The lowest BCUT2D eigenvalue weighted by atomic mass is 10.0. The Balaban J connectivity index is 0.000000371. The third kappa shape index (κ3) is 3.54. The molecule has 1 rings (SSSR count). The summed E-state index contributed by atoms with van der Waals surface area (Å²) >= 11 is 2.93. The highest BCUT2D eigenvalue weighted by Gasteiger charge is 2.22. The molecule has 0 saturated carbocycles. The van der Waals surface area contributed by atoms with Gasteiger partial charge in [-0.05, 0) is 7.05 Å². The summed E-state index contributed by atoms with van der Waals surface area (Å²) in [6.45, 7) is 7.22. The highest BCUT2D eigenvalue weighted by molar-refractivity contribution is 9.06. The number of rotatable bonds is 2. The van der Waals surface area contributed by atoms with E-state index in [2.05, 4.69) is 28.2 Å². The third-order valence-corrected chi connectivity index (χ3v) is 1.70. The molecule has 10 heavy (non-hydrogen) atoms. The molecule has 0 bridgehead atoms. The van der Waals surface area contributed by atoms with Crippen LogP contribution in [-0.2, 0) is 3.83 Å². The molecule has 0 spiro atoms. The summed E-state index contributed by atoms with van der Waals surface area (Å²) in [5.74, 6) is 0.763. The van der Waals surface area contributed by atoms with E-state index in [1.165, 1.54) is 13.1 Å². The van der Waals surface area contributed by atoms with Crippen molar-refractivity contribution in [3.05, 3.63) is 0 Å². The molecule has 1 fully saturated rings. The standard InChI is InChI=1S/C5H10BrNO.C2H6/c1-7-2-5(3-7)4-8-6;1-2/h5H,2-4H2,1H3;1-2H3. The molecule has 1 saturated heterocycles. The van der Waals surface area contributed by atoms with Crippen molar-refractivity contribution < 1.29 is 3.83 Å². The van der Waals surface area contributed by atoms with E-state index in [0.717, 1.165) is 12.5 Å². The molecule has 62 valence electrons. The third-order valence-electron chi connectivity index (χ3n) is 1.44. The Labute approximate surface area is 72.0 Å². The van der Waals surface area contributed by atoms with E-state index >= 15 is 0 Å². The first-order valence-corrected chi connectivity index (χ1v) is 4.39. The Kier molecular flexibility index (Phi) is 6.38.